The zero-order valence-corrected chi connectivity index (χ0v) is 12.8. The molecule has 19 heavy (non-hydrogen) atoms. The van der Waals surface area contributed by atoms with Crippen molar-refractivity contribution in [3.8, 4) is 0 Å². The molecule has 0 amide bonds. The van der Waals surface area contributed by atoms with Crippen LogP contribution in [0.3, 0.4) is 0 Å². The second-order valence-electron chi connectivity index (χ2n) is 5.71. The molecule has 0 radical (unpaired) electrons. The molecule has 0 saturated carbocycles. The molecule has 0 aliphatic carbocycles. The molecule has 1 saturated heterocycles. The van der Waals surface area contributed by atoms with E-state index in [2.05, 4.69) is 30.9 Å². The molecule has 1 atom stereocenters. The lowest BCUT2D eigenvalue weighted by molar-refractivity contribution is -0.0404. The third-order valence-corrected chi connectivity index (χ3v) is 4.47. The Labute approximate surface area is 120 Å². The minimum absolute atomic E-state index is 0.203. The zero-order chi connectivity index (χ0) is 13.7. The molecule has 3 nitrogen and oxygen atoms in total. The average molecular weight is 283 g/mol. The molecule has 108 valence electrons. The molecule has 1 fully saturated rings. The van der Waals surface area contributed by atoms with Crippen molar-refractivity contribution in [2.45, 2.75) is 39.3 Å². The maximum absolute atomic E-state index is 8.99. The maximum atomic E-state index is 8.99. The van der Waals surface area contributed by atoms with Gasteiger partial charge >= 0.3 is 0 Å². The molecule has 2 heterocycles. The van der Waals surface area contributed by atoms with Gasteiger partial charge in [0.15, 0.2) is 0 Å². The van der Waals surface area contributed by atoms with Crippen LogP contribution in [0.2, 0.25) is 0 Å². The Morgan fingerprint density at radius 3 is 2.95 bits per heavy atom. The molecule has 0 spiro atoms. The lowest BCUT2D eigenvalue weighted by Crippen LogP contribution is -2.42. The Morgan fingerprint density at radius 1 is 1.42 bits per heavy atom. The molecule has 0 aromatic carbocycles. The van der Waals surface area contributed by atoms with Gasteiger partial charge in [-0.15, -0.1) is 11.3 Å². The summed E-state index contributed by atoms with van der Waals surface area (Å²) in [6, 6.07) is 4.53. The fraction of sp³-hybridized carbons (Fsp3) is 0.733. The van der Waals surface area contributed by atoms with Gasteiger partial charge < -0.3 is 9.84 Å². The molecule has 1 aromatic rings. The molecular weight excluding hydrogens is 258 g/mol. The van der Waals surface area contributed by atoms with E-state index in [1.807, 2.05) is 11.3 Å². The largest absolute Gasteiger partial charge is 0.396 e. The Balaban J connectivity index is 1.84. The van der Waals surface area contributed by atoms with Crippen LogP contribution in [0.5, 0.6) is 0 Å². The van der Waals surface area contributed by atoms with E-state index in [0.29, 0.717) is 0 Å². The highest BCUT2D eigenvalue weighted by Crippen LogP contribution is 2.22. The van der Waals surface area contributed by atoms with Crippen molar-refractivity contribution < 1.29 is 9.84 Å². The van der Waals surface area contributed by atoms with Crippen LogP contribution in [0.4, 0.5) is 0 Å². The van der Waals surface area contributed by atoms with Crippen LogP contribution in [0.15, 0.2) is 12.1 Å². The summed E-state index contributed by atoms with van der Waals surface area (Å²) >= 11 is 1.94. The number of ether oxygens (including phenoxy) is 1. The smallest absolute Gasteiger partial charge is 0.0724 e. The molecule has 1 aliphatic rings. The zero-order valence-electron chi connectivity index (χ0n) is 12.0. The number of hydrogen-bond acceptors (Lipinski definition) is 4. The number of nitrogens with zero attached hydrogens (tertiary/aromatic N) is 1. The van der Waals surface area contributed by atoms with Crippen molar-refractivity contribution in [3.63, 3.8) is 0 Å². The van der Waals surface area contributed by atoms with Gasteiger partial charge in [0.25, 0.3) is 0 Å². The number of thiophene rings is 1. The minimum atomic E-state index is 0.203. The topological polar surface area (TPSA) is 32.7 Å². The Morgan fingerprint density at radius 2 is 2.21 bits per heavy atom. The van der Waals surface area contributed by atoms with Gasteiger partial charge in [-0.3, -0.25) is 4.90 Å². The summed E-state index contributed by atoms with van der Waals surface area (Å²) in [6.45, 7) is 8.50. The van der Waals surface area contributed by atoms with E-state index in [9.17, 15) is 0 Å². The molecular formula is C15H25NO2S. The van der Waals surface area contributed by atoms with Gasteiger partial charge in [0.1, 0.15) is 0 Å². The third kappa shape index (κ3) is 4.88. The summed E-state index contributed by atoms with van der Waals surface area (Å²) in [5, 5.41) is 8.99. The first-order valence-electron chi connectivity index (χ1n) is 7.19. The second-order valence-corrected chi connectivity index (χ2v) is 6.96. The summed E-state index contributed by atoms with van der Waals surface area (Å²) in [4.78, 5) is 5.37. The predicted molar refractivity (Wildman–Crippen MR) is 79.6 cm³/mol. The number of aliphatic hydroxyl groups excluding tert-OH is 1. The van der Waals surface area contributed by atoms with Crippen LogP contribution in [0.1, 0.15) is 30.0 Å². The van der Waals surface area contributed by atoms with Crippen molar-refractivity contribution in [2.75, 3.05) is 26.3 Å². The normalized spacial score (nSPS) is 21.2. The first-order valence-corrected chi connectivity index (χ1v) is 8.01. The van der Waals surface area contributed by atoms with Gasteiger partial charge in [0.05, 0.1) is 12.7 Å². The first kappa shape index (κ1) is 15.0. The highest BCUT2D eigenvalue weighted by Gasteiger charge is 2.20. The Kier molecular flexibility index (Phi) is 5.82. The molecule has 1 N–H and O–H groups in total. The second kappa shape index (κ2) is 7.39. The minimum Gasteiger partial charge on any atom is -0.396 e. The van der Waals surface area contributed by atoms with Crippen LogP contribution in [-0.2, 0) is 17.7 Å². The molecule has 4 heteroatoms. The maximum Gasteiger partial charge on any atom is 0.0724 e. The summed E-state index contributed by atoms with van der Waals surface area (Å²) < 4.78 is 5.65. The van der Waals surface area contributed by atoms with E-state index >= 15 is 0 Å². The standard InChI is InChI=1S/C15H25NO2S/c1-12(2)9-14-3-4-15(19-14)11-16-6-8-18-13(10-16)5-7-17/h3-4,12-13,17H,5-11H2,1-2H3. The van der Waals surface area contributed by atoms with Crippen molar-refractivity contribution in [1.29, 1.82) is 0 Å². The number of hydrogen-bond donors (Lipinski definition) is 1. The van der Waals surface area contributed by atoms with Crippen LogP contribution in [-0.4, -0.2) is 42.4 Å². The fourth-order valence-corrected chi connectivity index (χ4v) is 3.76. The molecule has 2 rings (SSSR count). The fourth-order valence-electron chi connectivity index (χ4n) is 2.48. The molecule has 1 aromatic heterocycles. The Bertz CT molecular complexity index is 376. The van der Waals surface area contributed by atoms with Crippen LogP contribution >= 0.6 is 11.3 Å². The first-order chi connectivity index (χ1) is 9.17. The van der Waals surface area contributed by atoms with Gasteiger partial charge in [0.2, 0.25) is 0 Å². The van der Waals surface area contributed by atoms with Gasteiger partial charge in [-0.25, -0.2) is 0 Å². The average Bonchev–Trinajstić information content (AvgIpc) is 2.76. The van der Waals surface area contributed by atoms with Crippen molar-refractivity contribution in [1.82, 2.24) is 4.90 Å². The number of rotatable bonds is 6. The summed E-state index contributed by atoms with van der Waals surface area (Å²) in [5.74, 6) is 0.726. The van der Waals surface area contributed by atoms with Gasteiger partial charge in [0, 0.05) is 36.0 Å². The lowest BCUT2D eigenvalue weighted by Gasteiger charge is -2.32. The monoisotopic (exact) mass is 283 g/mol. The quantitative estimate of drug-likeness (QED) is 0.871. The van der Waals surface area contributed by atoms with Gasteiger partial charge in [-0.2, -0.15) is 0 Å². The van der Waals surface area contributed by atoms with E-state index in [1.54, 1.807) is 0 Å². The van der Waals surface area contributed by atoms with E-state index in [-0.39, 0.29) is 12.7 Å². The SMILES string of the molecule is CC(C)Cc1ccc(CN2CCOC(CCO)C2)s1. The van der Waals surface area contributed by atoms with Crippen molar-refractivity contribution >= 4 is 11.3 Å². The van der Waals surface area contributed by atoms with Crippen molar-refractivity contribution in [3.05, 3.63) is 21.9 Å². The molecule has 0 bridgehead atoms. The highest BCUT2D eigenvalue weighted by atomic mass is 32.1. The Hall–Kier alpha value is -0.420. The summed E-state index contributed by atoms with van der Waals surface area (Å²) in [5.41, 5.74) is 0. The predicted octanol–water partition coefficient (Wildman–Crippen LogP) is 2.53. The van der Waals surface area contributed by atoms with Crippen LogP contribution in [0.25, 0.3) is 0 Å². The van der Waals surface area contributed by atoms with Crippen LogP contribution in [0, 0.1) is 5.92 Å². The number of aliphatic hydroxyl groups is 1. The van der Waals surface area contributed by atoms with Crippen LogP contribution < -0.4 is 0 Å². The van der Waals surface area contributed by atoms with E-state index in [1.165, 1.54) is 16.2 Å². The van der Waals surface area contributed by atoms with E-state index in [4.69, 9.17) is 9.84 Å². The highest BCUT2D eigenvalue weighted by molar-refractivity contribution is 7.11. The summed E-state index contributed by atoms with van der Waals surface area (Å²) in [6.07, 6.45) is 2.13. The van der Waals surface area contributed by atoms with E-state index in [0.717, 1.165) is 38.6 Å². The summed E-state index contributed by atoms with van der Waals surface area (Å²) in [7, 11) is 0. The van der Waals surface area contributed by atoms with Gasteiger partial charge in [-0.05, 0) is 30.9 Å². The number of morpholine rings is 1. The molecule has 1 aliphatic heterocycles. The third-order valence-electron chi connectivity index (χ3n) is 3.38. The van der Waals surface area contributed by atoms with E-state index < -0.39 is 0 Å². The lowest BCUT2D eigenvalue weighted by atomic mass is 10.1. The van der Waals surface area contributed by atoms with Gasteiger partial charge in [-0.1, -0.05) is 13.8 Å². The van der Waals surface area contributed by atoms with Crippen molar-refractivity contribution in [2.24, 2.45) is 5.92 Å². The molecule has 1 unspecified atom stereocenters.